The van der Waals surface area contributed by atoms with Crippen molar-refractivity contribution in [3.05, 3.63) is 47.5 Å². The quantitative estimate of drug-likeness (QED) is 0.699. The van der Waals surface area contributed by atoms with Crippen molar-refractivity contribution < 1.29 is 17.7 Å². The highest BCUT2D eigenvalue weighted by atomic mass is 32.1. The van der Waals surface area contributed by atoms with Gasteiger partial charge in [0.05, 0.1) is 17.5 Å². The molecule has 0 saturated carbocycles. The molecule has 3 rings (SSSR count). The van der Waals surface area contributed by atoms with E-state index in [4.69, 9.17) is 4.52 Å². The lowest BCUT2D eigenvalue weighted by molar-refractivity contribution is -0.137. The van der Waals surface area contributed by atoms with E-state index < -0.39 is 11.7 Å². The molecule has 0 N–H and O–H groups in total. The zero-order valence-corrected chi connectivity index (χ0v) is 10.7. The summed E-state index contributed by atoms with van der Waals surface area (Å²) in [6.45, 7) is 0. The summed E-state index contributed by atoms with van der Waals surface area (Å²) >= 11 is 1.34. The van der Waals surface area contributed by atoms with Crippen LogP contribution in [0.25, 0.3) is 22.0 Å². The Bertz CT molecular complexity index is 702. The molecule has 3 aromatic rings. The maximum absolute atomic E-state index is 12.5. The minimum Gasteiger partial charge on any atom is -0.354 e. The van der Waals surface area contributed by atoms with Gasteiger partial charge < -0.3 is 4.52 Å². The Morgan fingerprint density at radius 2 is 1.80 bits per heavy atom. The van der Waals surface area contributed by atoms with E-state index >= 15 is 0 Å². The molecule has 0 aliphatic rings. The first-order chi connectivity index (χ1) is 9.54. The van der Waals surface area contributed by atoms with Crippen molar-refractivity contribution >= 4 is 11.3 Å². The van der Waals surface area contributed by atoms with Gasteiger partial charge in [0, 0.05) is 17.0 Å². The van der Waals surface area contributed by atoms with Crippen LogP contribution in [-0.4, -0.2) is 10.1 Å². The maximum atomic E-state index is 12.5. The van der Waals surface area contributed by atoms with E-state index in [2.05, 4.69) is 10.1 Å². The molecule has 0 saturated heterocycles. The highest BCUT2D eigenvalue weighted by Crippen LogP contribution is 2.32. The molecule has 0 spiro atoms. The van der Waals surface area contributed by atoms with Crippen LogP contribution in [0.3, 0.4) is 0 Å². The van der Waals surface area contributed by atoms with Crippen molar-refractivity contribution in [3.63, 3.8) is 0 Å². The van der Waals surface area contributed by atoms with Crippen molar-refractivity contribution in [2.24, 2.45) is 0 Å². The summed E-state index contributed by atoms with van der Waals surface area (Å²) in [5.41, 5.74) is 0.557. The molecule has 1 aromatic carbocycles. The van der Waals surface area contributed by atoms with E-state index in [1.807, 2.05) is 0 Å². The molecule has 0 bridgehead atoms. The van der Waals surface area contributed by atoms with Gasteiger partial charge >= 0.3 is 6.18 Å². The smallest absolute Gasteiger partial charge is 0.354 e. The summed E-state index contributed by atoms with van der Waals surface area (Å²) in [4.78, 5) is 4.32. The first-order valence-corrected chi connectivity index (χ1v) is 6.46. The van der Waals surface area contributed by atoms with Gasteiger partial charge in [0.1, 0.15) is 0 Å². The predicted molar refractivity (Wildman–Crippen MR) is 68.0 cm³/mol. The van der Waals surface area contributed by atoms with Crippen molar-refractivity contribution in [1.82, 2.24) is 10.1 Å². The Morgan fingerprint density at radius 3 is 2.40 bits per heavy atom. The highest BCUT2D eigenvalue weighted by molar-refractivity contribution is 7.13. The molecule has 7 heteroatoms. The van der Waals surface area contributed by atoms with E-state index in [0.29, 0.717) is 22.0 Å². The highest BCUT2D eigenvalue weighted by Gasteiger charge is 2.30. The molecule has 0 aliphatic heterocycles. The average Bonchev–Trinajstić information content (AvgIpc) is 3.09. The van der Waals surface area contributed by atoms with Gasteiger partial charge in [-0.1, -0.05) is 17.3 Å². The lowest BCUT2D eigenvalue weighted by Crippen LogP contribution is -2.03. The second kappa shape index (κ2) is 4.75. The molecule has 2 aromatic heterocycles. The van der Waals surface area contributed by atoms with E-state index in [9.17, 15) is 13.2 Å². The average molecular weight is 296 g/mol. The molecule has 0 aliphatic carbocycles. The van der Waals surface area contributed by atoms with Crippen molar-refractivity contribution in [3.8, 4) is 22.0 Å². The van der Waals surface area contributed by atoms with Gasteiger partial charge in [0.15, 0.2) is 10.8 Å². The van der Waals surface area contributed by atoms with Gasteiger partial charge in [-0.2, -0.15) is 13.2 Å². The van der Waals surface area contributed by atoms with E-state index in [1.165, 1.54) is 29.7 Å². The fraction of sp³-hybridized carbons (Fsp3) is 0.0769. The number of benzene rings is 1. The third kappa shape index (κ3) is 2.44. The van der Waals surface area contributed by atoms with E-state index in [0.717, 1.165) is 12.1 Å². The van der Waals surface area contributed by atoms with Gasteiger partial charge in [-0.05, 0) is 12.1 Å². The van der Waals surface area contributed by atoms with Crippen LogP contribution in [0.1, 0.15) is 5.56 Å². The number of nitrogens with zero attached hydrogens (tertiary/aromatic N) is 2. The maximum Gasteiger partial charge on any atom is 0.416 e. The van der Waals surface area contributed by atoms with Gasteiger partial charge in [-0.25, -0.2) is 4.98 Å². The first-order valence-electron chi connectivity index (χ1n) is 5.58. The molecule has 3 nitrogen and oxygen atoms in total. The van der Waals surface area contributed by atoms with Crippen LogP contribution in [0.2, 0.25) is 0 Å². The fourth-order valence-corrected chi connectivity index (χ4v) is 2.46. The fourth-order valence-electron chi connectivity index (χ4n) is 1.68. The third-order valence-electron chi connectivity index (χ3n) is 2.66. The second-order valence-electron chi connectivity index (χ2n) is 3.99. The normalized spacial score (nSPS) is 11.8. The summed E-state index contributed by atoms with van der Waals surface area (Å²) in [5.74, 6) is 0.535. The molecule has 102 valence electrons. The Labute approximate surface area is 115 Å². The molecule has 0 unspecified atom stereocenters. The minimum absolute atomic E-state index is 0.535. The summed E-state index contributed by atoms with van der Waals surface area (Å²) in [5, 5.41) is 5.99. The zero-order valence-electron chi connectivity index (χ0n) is 9.89. The van der Waals surface area contributed by atoms with Gasteiger partial charge in [0.2, 0.25) is 0 Å². The van der Waals surface area contributed by atoms with Crippen LogP contribution >= 0.6 is 11.3 Å². The molecular weight excluding hydrogens is 289 g/mol. The number of hydrogen-bond acceptors (Lipinski definition) is 4. The minimum atomic E-state index is -4.33. The van der Waals surface area contributed by atoms with Crippen LogP contribution in [0.5, 0.6) is 0 Å². The summed E-state index contributed by atoms with van der Waals surface area (Å²) in [6, 6.07) is 6.57. The Balaban J connectivity index is 1.90. The zero-order chi connectivity index (χ0) is 14.2. The number of halogens is 3. The van der Waals surface area contributed by atoms with Crippen molar-refractivity contribution in [2.75, 3.05) is 0 Å². The SMILES string of the molecule is FC(F)(F)c1ccc(-c2csc(-c3ccno3)n2)cc1. The molecule has 0 atom stereocenters. The van der Waals surface area contributed by atoms with Gasteiger partial charge in [0.25, 0.3) is 0 Å². The third-order valence-corrected chi connectivity index (χ3v) is 3.52. The Morgan fingerprint density at radius 1 is 1.05 bits per heavy atom. The number of rotatable bonds is 2. The van der Waals surface area contributed by atoms with E-state index in [1.54, 1.807) is 11.4 Å². The summed E-state index contributed by atoms with van der Waals surface area (Å²) in [6.07, 6.45) is -2.82. The first kappa shape index (κ1) is 12.9. The lowest BCUT2D eigenvalue weighted by Gasteiger charge is -2.06. The monoisotopic (exact) mass is 296 g/mol. The molecule has 0 radical (unpaired) electrons. The molecular formula is C13H7F3N2OS. The van der Waals surface area contributed by atoms with Crippen LogP contribution in [0.4, 0.5) is 13.2 Å². The lowest BCUT2D eigenvalue weighted by atomic mass is 10.1. The van der Waals surface area contributed by atoms with Crippen molar-refractivity contribution in [1.29, 1.82) is 0 Å². The summed E-state index contributed by atoms with van der Waals surface area (Å²) in [7, 11) is 0. The Kier molecular flexibility index (Phi) is 3.06. The van der Waals surface area contributed by atoms with E-state index in [-0.39, 0.29) is 0 Å². The van der Waals surface area contributed by atoms with Crippen LogP contribution < -0.4 is 0 Å². The topological polar surface area (TPSA) is 38.9 Å². The summed E-state index contributed by atoms with van der Waals surface area (Å²) < 4.78 is 42.4. The predicted octanol–water partition coefficient (Wildman–Crippen LogP) is 4.48. The molecule has 0 fully saturated rings. The molecule has 0 amide bonds. The molecule has 20 heavy (non-hydrogen) atoms. The largest absolute Gasteiger partial charge is 0.416 e. The van der Waals surface area contributed by atoms with Crippen LogP contribution in [-0.2, 0) is 6.18 Å². The number of thiazole rings is 1. The van der Waals surface area contributed by atoms with Crippen LogP contribution in [0, 0.1) is 0 Å². The van der Waals surface area contributed by atoms with Crippen molar-refractivity contribution in [2.45, 2.75) is 6.18 Å². The number of alkyl halides is 3. The Hall–Kier alpha value is -2.15. The number of aromatic nitrogens is 2. The van der Waals surface area contributed by atoms with Gasteiger partial charge in [-0.15, -0.1) is 11.3 Å². The molecule has 2 heterocycles. The van der Waals surface area contributed by atoms with Crippen LogP contribution in [0.15, 0.2) is 46.4 Å². The number of hydrogen-bond donors (Lipinski definition) is 0. The van der Waals surface area contributed by atoms with Gasteiger partial charge in [-0.3, -0.25) is 0 Å². The second-order valence-corrected chi connectivity index (χ2v) is 4.85. The standard InChI is InChI=1S/C13H7F3N2OS/c14-13(15,16)9-3-1-8(2-4-9)10-7-20-12(18-10)11-5-6-17-19-11/h1-7H.